The summed E-state index contributed by atoms with van der Waals surface area (Å²) >= 11 is 4.63. The number of aliphatic imine (C=N–C) groups is 1. The van der Waals surface area contributed by atoms with Crippen LogP contribution >= 0.6 is 27.7 Å². The first-order valence-corrected chi connectivity index (χ1v) is 10.7. The fraction of sp³-hybridized carbons (Fsp3) is 0.0435. The van der Waals surface area contributed by atoms with Gasteiger partial charge in [0.1, 0.15) is 0 Å². The number of nitrogens with zero attached hydrogens (tertiary/aromatic N) is 2. The molecule has 1 aliphatic rings. The molecule has 0 radical (unpaired) electrons. The Morgan fingerprint density at radius 3 is 2.40 bits per heavy atom. The fourth-order valence-electron chi connectivity index (χ4n) is 2.95. The van der Waals surface area contributed by atoms with E-state index in [0.29, 0.717) is 20.3 Å². The molecular weight excluding hydrogens is 464 g/mol. The van der Waals surface area contributed by atoms with Crippen LogP contribution in [-0.4, -0.2) is 23.3 Å². The molecule has 0 saturated carbocycles. The normalized spacial score (nSPS) is 16.5. The summed E-state index contributed by atoms with van der Waals surface area (Å²) in [6, 6.07) is 22.4. The maximum absolute atomic E-state index is 13.3. The van der Waals surface area contributed by atoms with Crippen molar-refractivity contribution in [1.29, 1.82) is 0 Å². The monoisotopic (exact) mass is 480 g/mol. The van der Waals surface area contributed by atoms with E-state index in [4.69, 9.17) is 9.73 Å². The molecule has 7 heteroatoms. The summed E-state index contributed by atoms with van der Waals surface area (Å²) in [4.78, 5) is 20.1. The second-order valence-corrected chi connectivity index (χ2v) is 8.23. The predicted molar refractivity (Wildman–Crippen MR) is 125 cm³/mol. The number of amides is 1. The standard InChI is InChI=1S/C23H17BrN2O3S/c1-29-19-13-15(12-18(24)21(19)27)14-20-22(28)26(17-10-6-3-7-11-17)23(30-20)25-16-8-4-2-5-9-16/h2-14,27H,1H3/b20-14-,25-23?. The lowest BCUT2D eigenvalue weighted by atomic mass is 10.2. The van der Waals surface area contributed by atoms with Crippen LogP contribution in [0.15, 0.2) is 87.2 Å². The zero-order valence-electron chi connectivity index (χ0n) is 15.9. The Hall–Kier alpha value is -3.03. The molecule has 0 aromatic heterocycles. The topological polar surface area (TPSA) is 62.1 Å². The summed E-state index contributed by atoms with van der Waals surface area (Å²) in [6.07, 6.45) is 1.77. The van der Waals surface area contributed by atoms with Crippen LogP contribution in [0.4, 0.5) is 11.4 Å². The van der Waals surface area contributed by atoms with E-state index in [0.717, 1.165) is 16.9 Å². The number of carbonyl (C=O) groups excluding carboxylic acids is 1. The molecule has 3 aromatic rings. The number of amidine groups is 1. The number of ether oxygens (including phenoxy) is 1. The summed E-state index contributed by atoms with van der Waals surface area (Å²) < 4.78 is 5.70. The number of para-hydroxylation sites is 2. The number of rotatable bonds is 4. The Bertz CT molecular complexity index is 1150. The van der Waals surface area contributed by atoms with E-state index in [1.807, 2.05) is 60.7 Å². The molecular formula is C23H17BrN2O3S. The number of aromatic hydroxyl groups is 1. The third-order valence-corrected chi connectivity index (χ3v) is 5.94. The van der Waals surface area contributed by atoms with Gasteiger partial charge in [0.2, 0.25) is 0 Å². The number of hydrogen-bond acceptors (Lipinski definition) is 5. The number of hydrogen-bond donors (Lipinski definition) is 1. The van der Waals surface area contributed by atoms with Gasteiger partial charge in [-0.05, 0) is 75.7 Å². The van der Waals surface area contributed by atoms with E-state index in [1.165, 1.54) is 18.9 Å². The average Bonchev–Trinajstić information content (AvgIpc) is 3.06. The third kappa shape index (κ3) is 4.13. The second kappa shape index (κ2) is 8.77. The van der Waals surface area contributed by atoms with Crippen LogP contribution in [-0.2, 0) is 4.79 Å². The molecule has 0 unspecified atom stereocenters. The molecule has 1 saturated heterocycles. The number of carbonyl (C=O) groups is 1. The van der Waals surface area contributed by atoms with Crippen molar-refractivity contribution in [2.45, 2.75) is 0 Å². The van der Waals surface area contributed by atoms with Gasteiger partial charge < -0.3 is 9.84 Å². The van der Waals surface area contributed by atoms with E-state index in [-0.39, 0.29) is 11.7 Å². The summed E-state index contributed by atoms with van der Waals surface area (Å²) in [7, 11) is 1.48. The molecule has 0 atom stereocenters. The Kier molecular flexibility index (Phi) is 5.92. The van der Waals surface area contributed by atoms with Crippen LogP contribution in [0.3, 0.4) is 0 Å². The van der Waals surface area contributed by atoms with E-state index < -0.39 is 0 Å². The fourth-order valence-corrected chi connectivity index (χ4v) is 4.41. The minimum Gasteiger partial charge on any atom is -0.503 e. The molecule has 30 heavy (non-hydrogen) atoms. The van der Waals surface area contributed by atoms with Gasteiger partial charge in [0.05, 0.1) is 27.9 Å². The zero-order chi connectivity index (χ0) is 21.1. The first kappa shape index (κ1) is 20.3. The smallest absolute Gasteiger partial charge is 0.271 e. The van der Waals surface area contributed by atoms with Crippen LogP contribution in [0, 0.1) is 0 Å². The van der Waals surface area contributed by atoms with Crippen molar-refractivity contribution in [3.05, 3.63) is 87.7 Å². The number of halogens is 1. The molecule has 0 bridgehead atoms. The van der Waals surface area contributed by atoms with Crippen molar-refractivity contribution in [2.75, 3.05) is 12.0 Å². The predicted octanol–water partition coefficient (Wildman–Crippen LogP) is 5.97. The van der Waals surface area contributed by atoms with E-state index in [9.17, 15) is 9.90 Å². The molecule has 4 rings (SSSR count). The molecule has 1 amide bonds. The van der Waals surface area contributed by atoms with Gasteiger partial charge in [-0.3, -0.25) is 9.69 Å². The van der Waals surface area contributed by atoms with Gasteiger partial charge in [0, 0.05) is 0 Å². The maximum Gasteiger partial charge on any atom is 0.271 e. The van der Waals surface area contributed by atoms with Gasteiger partial charge in [-0.15, -0.1) is 0 Å². The van der Waals surface area contributed by atoms with Gasteiger partial charge in [-0.1, -0.05) is 36.4 Å². The molecule has 1 N–H and O–H groups in total. The van der Waals surface area contributed by atoms with Crippen molar-refractivity contribution in [2.24, 2.45) is 4.99 Å². The lowest BCUT2D eigenvalue weighted by Crippen LogP contribution is -2.28. The summed E-state index contributed by atoms with van der Waals surface area (Å²) in [5.41, 5.74) is 2.24. The van der Waals surface area contributed by atoms with Gasteiger partial charge in [0.25, 0.3) is 5.91 Å². The quantitative estimate of drug-likeness (QED) is 0.467. The Morgan fingerprint density at radius 2 is 1.73 bits per heavy atom. The number of phenols is 1. The number of methoxy groups -OCH3 is 1. The summed E-state index contributed by atoms with van der Waals surface area (Å²) in [5.74, 6) is 0.177. The highest BCUT2D eigenvalue weighted by atomic mass is 79.9. The highest BCUT2D eigenvalue weighted by Crippen LogP contribution is 2.40. The number of anilines is 1. The molecule has 0 aliphatic carbocycles. The number of phenolic OH excluding ortho intramolecular Hbond substituents is 1. The Balaban J connectivity index is 1.78. The van der Waals surface area contributed by atoms with Crippen LogP contribution in [0.25, 0.3) is 6.08 Å². The van der Waals surface area contributed by atoms with Crippen LogP contribution in [0.2, 0.25) is 0 Å². The first-order valence-electron chi connectivity index (χ1n) is 9.06. The molecule has 1 fully saturated rings. The minimum absolute atomic E-state index is 0.0160. The maximum atomic E-state index is 13.3. The van der Waals surface area contributed by atoms with E-state index in [2.05, 4.69) is 15.9 Å². The van der Waals surface area contributed by atoms with Crippen LogP contribution in [0.1, 0.15) is 5.56 Å². The van der Waals surface area contributed by atoms with Crippen molar-refractivity contribution in [1.82, 2.24) is 0 Å². The largest absolute Gasteiger partial charge is 0.503 e. The summed E-state index contributed by atoms with van der Waals surface area (Å²) in [5, 5.41) is 10.6. The first-order chi connectivity index (χ1) is 14.6. The van der Waals surface area contributed by atoms with E-state index in [1.54, 1.807) is 23.1 Å². The highest BCUT2D eigenvalue weighted by Gasteiger charge is 2.34. The lowest BCUT2D eigenvalue weighted by molar-refractivity contribution is -0.113. The van der Waals surface area contributed by atoms with Gasteiger partial charge in [-0.2, -0.15) is 0 Å². The van der Waals surface area contributed by atoms with Gasteiger partial charge >= 0.3 is 0 Å². The highest BCUT2D eigenvalue weighted by molar-refractivity contribution is 9.10. The second-order valence-electron chi connectivity index (χ2n) is 6.37. The lowest BCUT2D eigenvalue weighted by Gasteiger charge is -2.15. The Labute approximate surface area is 186 Å². The van der Waals surface area contributed by atoms with Gasteiger partial charge in [-0.25, -0.2) is 4.99 Å². The molecule has 1 heterocycles. The van der Waals surface area contributed by atoms with Crippen LogP contribution in [0.5, 0.6) is 11.5 Å². The van der Waals surface area contributed by atoms with Gasteiger partial charge in [0.15, 0.2) is 16.7 Å². The molecule has 150 valence electrons. The minimum atomic E-state index is -0.163. The number of thioether (sulfide) groups is 1. The van der Waals surface area contributed by atoms with Crippen LogP contribution < -0.4 is 9.64 Å². The molecule has 3 aromatic carbocycles. The van der Waals surface area contributed by atoms with Crippen molar-refractivity contribution < 1.29 is 14.6 Å². The van der Waals surface area contributed by atoms with Crippen molar-refractivity contribution in [3.8, 4) is 11.5 Å². The SMILES string of the molecule is COc1cc(/C=C2\SC(=Nc3ccccc3)N(c3ccccc3)C2=O)cc(Br)c1O. The zero-order valence-corrected chi connectivity index (χ0v) is 18.4. The van der Waals surface area contributed by atoms with Crippen molar-refractivity contribution >= 4 is 56.2 Å². The molecule has 0 spiro atoms. The molecule has 5 nitrogen and oxygen atoms in total. The average molecular weight is 481 g/mol. The third-order valence-electron chi connectivity index (χ3n) is 4.37. The summed E-state index contributed by atoms with van der Waals surface area (Å²) in [6.45, 7) is 0. The molecule has 1 aliphatic heterocycles. The van der Waals surface area contributed by atoms with Crippen molar-refractivity contribution in [3.63, 3.8) is 0 Å². The van der Waals surface area contributed by atoms with E-state index >= 15 is 0 Å². The Morgan fingerprint density at radius 1 is 1.07 bits per heavy atom. The number of benzene rings is 3.